The van der Waals surface area contributed by atoms with Crippen LogP contribution in [0.5, 0.6) is 11.5 Å². The highest BCUT2D eigenvalue weighted by atomic mass is 16.5. The van der Waals surface area contributed by atoms with E-state index in [0.29, 0.717) is 30.2 Å². The molecule has 1 N–H and O–H groups in total. The lowest BCUT2D eigenvalue weighted by Crippen LogP contribution is -2.49. The van der Waals surface area contributed by atoms with Crippen molar-refractivity contribution in [3.8, 4) is 11.5 Å². The zero-order valence-corrected chi connectivity index (χ0v) is 16.8. The average Bonchev–Trinajstić information content (AvgIpc) is 2.73. The molecule has 1 saturated heterocycles. The fourth-order valence-corrected chi connectivity index (χ4v) is 3.59. The Kier molecular flexibility index (Phi) is 6.21. The van der Waals surface area contributed by atoms with Crippen LogP contribution < -0.4 is 9.47 Å². The number of carbonyl (C=O) groups excluding carboxylic acids is 1. The number of hydrogen-bond acceptors (Lipinski definition) is 5. The third-order valence-electron chi connectivity index (χ3n) is 5.30. The van der Waals surface area contributed by atoms with Crippen molar-refractivity contribution in [2.75, 3.05) is 34.0 Å². The molecule has 1 aliphatic heterocycles. The molecule has 0 saturated carbocycles. The first kappa shape index (κ1) is 20.2. The van der Waals surface area contributed by atoms with Gasteiger partial charge in [0.05, 0.1) is 33.5 Å². The van der Waals surface area contributed by atoms with E-state index >= 15 is 0 Å². The number of benzene rings is 2. The van der Waals surface area contributed by atoms with Gasteiger partial charge in [0, 0.05) is 12.1 Å². The Morgan fingerprint density at radius 2 is 1.86 bits per heavy atom. The Bertz CT molecular complexity index is 851. The number of aliphatic hydroxyl groups is 1. The number of aryl methyl sites for hydroxylation is 2. The van der Waals surface area contributed by atoms with Crippen molar-refractivity contribution in [1.29, 1.82) is 0 Å². The molecule has 1 amide bonds. The van der Waals surface area contributed by atoms with E-state index in [1.807, 2.05) is 44.2 Å². The smallest absolute Gasteiger partial charge is 0.254 e. The quantitative estimate of drug-likeness (QED) is 0.857. The van der Waals surface area contributed by atoms with Gasteiger partial charge < -0.3 is 24.2 Å². The lowest BCUT2D eigenvalue weighted by Gasteiger charge is -2.41. The fourth-order valence-electron chi connectivity index (χ4n) is 3.59. The van der Waals surface area contributed by atoms with E-state index in [0.717, 1.165) is 16.7 Å². The molecule has 28 heavy (non-hydrogen) atoms. The molecule has 1 aliphatic rings. The van der Waals surface area contributed by atoms with Gasteiger partial charge >= 0.3 is 0 Å². The molecule has 0 radical (unpaired) electrons. The highest BCUT2D eigenvalue weighted by Crippen LogP contribution is 2.36. The van der Waals surface area contributed by atoms with E-state index in [2.05, 4.69) is 0 Å². The molecule has 0 aromatic heterocycles. The standard InChI is InChI=1S/C22H27NO5/c1-14-5-6-17(11-15(14)2)22(25)23-9-10-28-20(13-24)21(23)16-7-8-18(26-3)19(12-16)27-4/h5-8,11-12,20-21,24H,9-10,13H2,1-4H3/t20-,21-/m1/s1. The van der Waals surface area contributed by atoms with Crippen LogP contribution in [-0.4, -0.2) is 56.0 Å². The van der Waals surface area contributed by atoms with Crippen LogP contribution >= 0.6 is 0 Å². The van der Waals surface area contributed by atoms with Crippen LogP contribution in [0.2, 0.25) is 0 Å². The first-order valence-corrected chi connectivity index (χ1v) is 9.32. The maximum absolute atomic E-state index is 13.3. The second-order valence-corrected chi connectivity index (χ2v) is 6.95. The van der Waals surface area contributed by atoms with Gasteiger partial charge in [0.25, 0.3) is 5.91 Å². The molecule has 0 bridgehead atoms. The molecule has 6 nitrogen and oxygen atoms in total. The summed E-state index contributed by atoms with van der Waals surface area (Å²) < 4.78 is 16.5. The monoisotopic (exact) mass is 385 g/mol. The third kappa shape index (κ3) is 3.84. The van der Waals surface area contributed by atoms with E-state index < -0.39 is 12.1 Å². The number of ether oxygens (including phenoxy) is 3. The van der Waals surface area contributed by atoms with Crippen molar-refractivity contribution in [3.05, 3.63) is 58.7 Å². The van der Waals surface area contributed by atoms with Gasteiger partial charge in [-0.2, -0.15) is 0 Å². The number of aliphatic hydroxyl groups excluding tert-OH is 1. The maximum Gasteiger partial charge on any atom is 0.254 e. The average molecular weight is 385 g/mol. The highest BCUT2D eigenvalue weighted by Gasteiger charge is 2.37. The van der Waals surface area contributed by atoms with Crippen molar-refractivity contribution in [2.24, 2.45) is 0 Å². The molecule has 150 valence electrons. The van der Waals surface area contributed by atoms with Crippen LogP contribution in [0.4, 0.5) is 0 Å². The van der Waals surface area contributed by atoms with Crippen LogP contribution in [0.15, 0.2) is 36.4 Å². The predicted octanol–water partition coefficient (Wildman–Crippen LogP) is 2.90. The van der Waals surface area contributed by atoms with Gasteiger partial charge in [0.15, 0.2) is 11.5 Å². The molecule has 1 heterocycles. The third-order valence-corrected chi connectivity index (χ3v) is 5.30. The Morgan fingerprint density at radius 1 is 1.11 bits per heavy atom. The Balaban J connectivity index is 2.01. The van der Waals surface area contributed by atoms with Crippen LogP contribution in [-0.2, 0) is 4.74 Å². The first-order valence-electron chi connectivity index (χ1n) is 9.32. The number of hydrogen-bond donors (Lipinski definition) is 1. The Labute approximate surface area is 165 Å². The van der Waals surface area contributed by atoms with Gasteiger partial charge in [-0.3, -0.25) is 4.79 Å². The summed E-state index contributed by atoms with van der Waals surface area (Å²) in [6.07, 6.45) is -0.512. The number of rotatable bonds is 5. The highest BCUT2D eigenvalue weighted by molar-refractivity contribution is 5.95. The predicted molar refractivity (Wildman–Crippen MR) is 106 cm³/mol. The molecule has 2 aromatic carbocycles. The van der Waals surface area contributed by atoms with Crippen molar-refractivity contribution in [3.63, 3.8) is 0 Å². The number of nitrogens with zero attached hydrogens (tertiary/aromatic N) is 1. The molecule has 0 spiro atoms. The zero-order chi connectivity index (χ0) is 20.3. The molecule has 0 unspecified atom stereocenters. The maximum atomic E-state index is 13.3. The molecule has 2 atom stereocenters. The molecule has 0 aliphatic carbocycles. The molecule has 1 fully saturated rings. The van der Waals surface area contributed by atoms with Gasteiger partial charge in [0.2, 0.25) is 0 Å². The summed E-state index contributed by atoms with van der Waals surface area (Å²) >= 11 is 0. The number of methoxy groups -OCH3 is 2. The van der Waals surface area contributed by atoms with E-state index in [9.17, 15) is 9.90 Å². The van der Waals surface area contributed by atoms with Crippen molar-refractivity contribution < 1.29 is 24.1 Å². The largest absolute Gasteiger partial charge is 0.493 e. The number of amides is 1. The van der Waals surface area contributed by atoms with Crippen molar-refractivity contribution in [2.45, 2.75) is 26.0 Å². The van der Waals surface area contributed by atoms with Crippen molar-refractivity contribution >= 4 is 5.91 Å². The fraction of sp³-hybridized carbons (Fsp3) is 0.409. The van der Waals surface area contributed by atoms with E-state index in [4.69, 9.17) is 14.2 Å². The summed E-state index contributed by atoms with van der Waals surface area (Å²) in [6, 6.07) is 10.8. The summed E-state index contributed by atoms with van der Waals surface area (Å²) in [6.45, 7) is 4.66. The number of morpholine rings is 1. The van der Waals surface area contributed by atoms with Gasteiger partial charge in [-0.05, 0) is 54.8 Å². The minimum atomic E-state index is -0.512. The molecule has 6 heteroatoms. The number of carbonyl (C=O) groups is 1. The molecule has 3 rings (SSSR count). The normalized spacial score (nSPS) is 19.4. The molecular weight excluding hydrogens is 358 g/mol. The van der Waals surface area contributed by atoms with Crippen molar-refractivity contribution in [1.82, 2.24) is 4.90 Å². The Morgan fingerprint density at radius 3 is 2.50 bits per heavy atom. The second-order valence-electron chi connectivity index (χ2n) is 6.95. The van der Waals surface area contributed by atoms with Gasteiger partial charge in [-0.25, -0.2) is 0 Å². The van der Waals surface area contributed by atoms with Crippen LogP contribution in [0.3, 0.4) is 0 Å². The lowest BCUT2D eigenvalue weighted by molar-refractivity contribution is -0.0811. The molecule has 2 aromatic rings. The zero-order valence-electron chi connectivity index (χ0n) is 16.8. The lowest BCUT2D eigenvalue weighted by atomic mass is 9.96. The van der Waals surface area contributed by atoms with Gasteiger partial charge in [-0.1, -0.05) is 12.1 Å². The SMILES string of the molecule is COc1ccc([C@@H]2[C@@H](CO)OCCN2C(=O)c2ccc(C)c(C)c2)cc1OC. The summed E-state index contributed by atoms with van der Waals surface area (Å²) in [7, 11) is 3.15. The summed E-state index contributed by atoms with van der Waals surface area (Å²) in [5, 5.41) is 9.88. The Hall–Kier alpha value is -2.57. The van der Waals surface area contributed by atoms with E-state index in [1.54, 1.807) is 25.2 Å². The van der Waals surface area contributed by atoms with Crippen LogP contribution in [0, 0.1) is 13.8 Å². The summed E-state index contributed by atoms with van der Waals surface area (Å²) in [4.78, 5) is 15.1. The minimum Gasteiger partial charge on any atom is -0.493 e. The topological polar surface area (TPSA) is 68.2 Å². The minimum absolute atomic E-state index is 0.0790. The summed E-state index contributed by atoms with van der Waals surface area (Å²) in [5.74, 6) is 1.10. The van der Waals surface area contributed by atoms with Gasteiger partial charge in [-0.15, -0.1) is 0 Å². The molecular formula is C22H27NO5. The van der Waals surface area contributed by atoms with Crippen LogP contribution in [0.1, 0.15) is 33.1 Å². The summed E-state index contributed by atoms with van der Waals surface area (Å²) in [5.41, 5.74) is 3.67. The van der Waals surface area contributed by atoms with Gasteiger partial charge in [0.1, 0.15) is 6.10 Å². The van der Waals surface area contributed by atoms with E-state index in [1.165, 1.54) is 0 Å². The van der Waals surface area contributed by atoms with Crippen LogP contribution in [0.25, 0.3) is 0 Å². The first-order chi connectivity index (χ1) is 13.5. The second kappa shape index (κ2) is 8.63. The van der Waals surface area contributed by atoms with E-state index in [-0.39, 0.29) is 12.5 Å².